The third-order valence-electron chi connectivity index (χ3n) is 4.97. The molecule has 1 aliphatic rings. The van der Waals surface area contributed by atoms with E-state index in [4.69, 9.17) is 4.74 Å². The molecular formula is C22H30N4O4S. The standard InChI is InChI=1S/C22H30N4O4S/c1-15-13-22(5,6)26(14-15)19-16(9-8-12-23-19)20(27)25-31(28,29)18-11-7-10-17(24-18)30-21(2,3)4/h7-12,15H,13-14H2,1-6H3,(H,25,27). The summed E-state index contributed by atoms with van der Waals surface area (Å²) in [5.41, 5.74) is -0.527. The molecule has 1 saturated heterocycles. The zero-order valence-corrected chi connectivity index (χ0v) is 19.7. The number of hydrogen-bond donors (Lipinski definition) is 1. The molecule has 1 N–H and O–H groups in total. The number of sulfonamides is 1. The van der Waals surface area contributed by atoms with E-state index in [2.05, 4.69) is 40.4 Å². The first-order chi connectivity index (χ1) is 14.3. The van der Waals surface area contributed by atoms with Crippen molar-refractivity contribution in [2.45, 2.75) is 64.1 Å². The molecule has 1 fully saturated rings. The quantitative estimate of drug-likeness (QED) is 0.751. The molecule has 9 heteroatoms. The summed E-state index contributed by atoms with van der Waals surface area (Å²) in [6.45, 7) is 12.6. The van der Waals surface area contributed by atoms with Crippen molar-refractivity contribution in [1.82, 2.24) is 14.7 Å². The summed E-state index contributed by atoms with van der Waals surface area (Å²) in [7, 11) is -4.20. The molecule has 0 spiro atoms. The van der Waals surface area contributed by atoms with Crippen LogP contribution in [0, 0.1) is 5.92 Å². The lowest BCUT2D eigenvalue weighted by atomic mass is 9.97. The fourth-order valence-corrected chi connectivity index (χ4v) is 4.82. The van der Waals surface area contributed by atoms with Crippen LogP contribution in [0.3, 0.4) is 0 Å². The molecule has 2 aromatic rings. The van der Waals surface area contributed by atoms with Crippen LogP contribution in [-0.2, 0) is 10.0 Å². The molecule has 0 saturated carbocycles. The SMILES string of the molecule is CC1CN(c2ncccc2C(=O)NS(=O)(=O)c2cccc(OC(C)(C)C)n2)C(C)(C)C1. The number of rotatable bonds is 5. The van der Waals surface area contributed by atoms with E-state index in [1.54, 1.807) is 24.4 Å². The molecule has 3 rings (SSSR count). The van der Waals surface area contributed by atoms with Crippen molar-refractivity contribution in [2.75, 3.05) is 11.4 Å². The number of pyridine rings is 2. The summed E-state index contributed by atoms with van der Waals surface area (Å²) in [4.78, 5) is 23.5. The van der Waals surface area contributed by atoms with Gasteiger partial charge in [-0.2, -0.15) is 13.4 Å². The van der Waals surface area contributed by atoms with Crippen LogP contribution in [-0.4, -0.2) is 42.0 Å². The van der Waals surface area contributed by atoms with Gasteiger partial charge in [-0.05, 0) is 65.2 Å². The van der Waals surface area contributed by atoms with Crippen molar-refractivity contribution in [3.63, 3.8) is 0 Å². The summed E-state index contributed by atoms with van der Waals surface area (Å²) in [6, 6.07) is 7.62. The van der Waals surface area contributed by atoms with Gasteiger partial charge in [-0.1, -0.05) is 13.0 Å². The first kappa shape index (κ1) is 23.0. The van der Waals surface area contributed by atoms with Crippen LogP contribution in [0.4, 0.5) is 5.82 Å². The topological polar surface area (TPSA) is 101 Å². The predicted molar refractivity (Wildman–Crippen MR) is 119 cm³/mol. The van der Waals surface area contributed by atoms with E-state index >= 15 is 0 Å². The first-order valence-electron chi connectivity index (χ1n) is 10.2. The third-order valence-corrected chi connectivity index (χ3v) is 6.20. The van der Waals surface area contributed by atoms with E-state index in [9.17, 15) is 13.2 Å². The maximum absolute atomic E-state index is 13.0. The molecule has 3 heterocycles. The van der Waals surface area contributed by atoms with Crippen LogP contribution in [0.1, 0.15) is 58.3 Å². The van der Waals surface area contributed by atoms with E-state index < -0.39 is 21.5 Å². The smallest absolute Gasteiger partial charge is 0.281 e. The number of nitrogens with one attached hydrogen (secondary N) is 1. The Bertz CT molecular complexity index is 1080. The van der Waals surface area contributed by atoms with Gasteiger partial charge in [-0.15, -0.1) is 0 Å². The number of anilines is 1. The largest absolute Gasteiger partial charge is 0.472 e. The average molecular weight is 447 g/mol. The lowest BCUT2D eigenvalue weighted by Gasteiger charge is -2.33. The van der Waals surface area contributed by atoms with Crippen LogP contribution < -0.4 is 14.4 Å². The van der Waals surface area contributed by atoms with Gasteiger partial charge in [0.25, 0.3) is 15.9 Å². The number of carbonyl (C=O) groups is 1. The van der Waals surface area contributed by atoms with Gasteiger partial charge in [0.05, 0.1) is 5.56 Å². The summed E-state index contributed by atoms with van der Waals surface area (Å²) in [6.07, 6.45) is 2.56. The lowest BCUT2D eigenvalue weighted by molar-refractivity contribution is 0.0980. The van der Waals surface area contributed by atoms with Crippen molar-refractivity contribution >= 4 is 21.7 Å². The molecule has 0 bridgehead atoms. The molecule has 2 aromatic heterocycles. The van der Waals surface area contributed by atoms with Crippen LogP contribution in [0.2, 0.25) is 0 Å². The maximum Gasteiger partial charge on any atom is 0.281 e. The van der Waals surface area contributed by atoms with Crippen molar-refractivity contribution in [1.29, 1.82) is 0 Å². The molecule has 1 unspecified atom stereocenters. The van der Waals surface area contributed by atoms with E-state index in [1.165, 1.54) is 12.1 Å². The second-order valence-corrected chi connectivity index (χ2v) is 11.2. The van der Waals surface area contributed by atoms with E-state index in [1.807, 2.05) is 20.8 Å². The average Bonchev–Trinajstić information content (AvgIpc) is 2.92. The van der Waals surface area contributed by atoms with Gasteiger partial charge in [0.15, 0.2) is 5.03 Å². The van der Waals surface area contributed by atoms with Crippen LogP contribution in [0.5, 0.6) is 5.88 Å². The van der Waals surface area contributed by atoms with Gasteiger partial charge in [0.1, 0.15) is 11.4 Å². The zero-order valence-electron chi connectivity index (χ0n) is 18.8. The molecule has 8 nitrogen and oxygen atoms in total. The molecule has 31 heavy (non-hydrogen) atoms. The number of aromatic nitrogens is 2. The van der Waals surface area contributed by atoms with Gasteiger partial charge < -0.3 is 9.64 Å². The van der Waals surface area contributed by atoms with Crippen molar-refractivity contribution in [3.8, 4) is 5.88 Å². The fourth-order valence-electron chi connectivity index (χ4n) is 3.89. The van der Waals surface area contributed by atoms with E-state index in [0.29, 0.717) is 11.7 Å². The highest BCUT2D eigenvalue weighted by atomic mass is 32.2. The van der Waals surface area contributed by atoms with Gasteiger partial charge in [-0.25, -0.2) is 9.71 Å². The predicted octanol–water partition coefficient (Wildman–Crippen LogP) is 3.40. The Morgan fingerprint density at radius 3 is 2.55 bits per heavy atom. The Balaban J connectivity index is 1.88. The summed E-state index contributed by atoms with van der Waals surface area (Å²) < 4.78 is 33.5. The van der Waals surface area contributed by atoms with Gasteiger partial charge in [0, 0.05) is 24.3 Å². The number of ether oxygens (including phenoxy) is 1. The second-order valence-electron chi connectivity index (χ2n) is 9.57. The molecule has 1 aliphatic heterocycles. The lowest BCUT2D eigenvalue weighted by Crippen LogP contribution is -2.41. The molecule has 1 amide bonds. The highest BCUT2D eigenvalue weighted by Crippen LogP contribution is 2.37. The van der Waals surface area contributed by atoms with Crippen molar-refractivity contribution < 1.29 is 17.9 Å². The summed E-state index contributed by atoms with van der Waals surface area (Å²) in [5.74, 6) is 0.328. The number of nitrogens with zero attached hydrogens (tertiary/aromatic N) is 3. The number of hydrogen-bond acceptors (Lipinski definition) is 7. The monoisotopic (exact) mass is 446 g/mol. The normalized spacial score (nSPS) is 18.6. The highest BCUT2D eigenvalue weighted by molar-refractivity contribution is 7.90. The first-order valence-corrected chi connectivity index (χ1v) is 11.7. The minimum atomic E-state index is -4.20. The highest BCUT2D eigenvalue weighted by Gasteiger charge is 2.39. The van der Waals surface area contributed by atoms with E-state index in [-0.39, 0.29) is 22.0 Å². The fraction of sp³-hybridized carbons (Fsp3) is 0.500. The van der Waals surface area contributed by atoms with Crippen LogP contribution in [0.15, 0.2) is 41.6 Å². The minimum Gasteiger partial charge on any atom is -0.472 e. The zero-order chi connectivity index (χ0) is 23.0. The van der Waals surface area contributed by atoms with E-state index in [0.717, 1.165) is 13.0 Å². The van der Waals surface area contributed by atoms with Gasteiger partial charge in [-0.3, -0.25) is 4.79 Å². The Morgan fingerprint density at radius 2 is 1.94 bits per heavy atom. The Labute approximate surface area is 184 Å². The van der Waals surface area contributed by atoms with Crippen molar-refractivity contribution in [2.24, 2.45) is 5.92 Å². The van der Waals surface area contributed by atoms with Crippen LogP contribution in [0.25, 0.3) is 0 Å². The molecular weight excluding hydrogens is 416 g/mol. The summed E-state index contributed by atoms with van der Waals surface area (Å²) in [5, 5.41) is -0.289. The molecule has 168 valence electrons. The third kappa shape index (κ3) is 5.33. The molecule has 0 aliphatic carbocycles. The Hall–Kier alpha value is -2.68. The molecule has 1 atom stereocenters. The Kier molecular flexibility index (Phi) is 6.01. The number of amides is 1. The van der Waals surface area contributed by atoms with Gasteiger partial charge in [0.2, 0.25) is 5.88 Å². The minimum absolute atomic E-state index is 0.165. The van der Waals surface area contributed by atoms with Crippen LogP contribution >= 0.6 is 0 Å². The van der Waals surface area contributed by atoms with Crippen molar-refractivity contribution in [3.05, 3.63) is 42.1 Å². The van der Waals surface area contributed by atoms with Gasteiger partial charge >= 0.3 is 0 Å². The molecule has 0 aromatic carbocycles. The molecule has 0 radical (unpaired) electrons. The summed E-state index contributed by atoms with van der Waals surface area (Å²) >= 11 is 0. The maximum atomic E-state index is 13.0. The second kappa shape index (κ2) is 8.11. The Morgan fingerprint density at radius 1 is 1.23 bits per heavy atom. The number of carbonyl (C=O) groups excluding carboxylic acids is 1.